The number of hydrogen-bond acceptors (Lipinski definition) is 11. The Balaban J connectivity index is 0.000000209. The normalized spacial score (nSPS) is 11.5. The fourth-order valence-corrected chi connectivity index (χ4v) is 6.70. The minimum atomic E-state index is -4.94. The number of carbonyl (C=O) groups excluding carboxylic acids is 1. The molecule has 0 amide bonds. The monoisotopic (exact) mass is 999 g/mol. The Kier molecular flexibility index (Phi) is 14.1. The third-order valence-corrected chi connectivity index (χ3v) is 10.0. The van der Waals surface area contributed by atoms with Crippen molar-refractivity contribution in [3.8, 4) is 29.3 Å². The first-order valence-corrected chi connectivity index (χ1v) is 19.7. The quantitative estimate of drug-likeness (QED) is 0.0946. The molecule has 0 fully saturated rings. The van der Waals surface area contributed by atoms with E-state index in [1.165, 1.54) is 33.4 Å². The number of hydrogen-bond donors (Lipinski definition) is 0. The van der Waals surface area contributed by atoms with Crippen LogP contribution in [0.5, 0.6) is 23.3 Å². The molecule has 0 unspecified atom stereocenters. The van der Waals surface area contributed by atoms with E-state index in [-0.39, 0.29) is 45.3 Å². The molecule has 13 nitrogen and oxygen atoms in total. The Hall–Kier alpha value is -8.82. The third kappa shape index (κ3) is 11.2. The van der Waals surface area contributed by atoms with Gasteiger partial charge in [0.25, 0.3) is 11.1 Å². The van der Waals surface area contributed by atoms with Crippen molar-refractivity contribution in [1.29, 1.82) is 5.26 Å². The summed E-state index contributed by atoms with van der Waals surface area (Å²) < 4.78 is 181. The molecule has 8 aromatic rings. The van der Waals surface area contributed by atoms with E-state index in [9.17, 15) is 67.1 Å². The van der Waals surface area contributed by atoms with Crippen LogP contribution in [0.25, 0.3) is 21.8 Å². The highest BCUT2D eigenvalue weighted by Gasteiger charge is 2.37. The topological polar surface area (TPSA) is 164 Å². The smallest absolute Gasteiger partial charge is 0.421 e. The van der Waals surface area contributed by atoms with Crippen molar-refractivity contribution in [2.75, 3.05) is 7.11 Å². The summed E-state index contributed by atoms with van der Waals surface area (Å²) in [5.41, 5.74) is -5.26. The van der Waals surface area contributed by atoms with Crippen molar-refractivity contribution in [2.24, 2.45) is 0 Å². The number of halogens is 12. The second-order valence-corrected chi connectivity index (χ2v) is 14.7. The summed E-state index contributed by atoms with van der Waals surface area (Å²) in [5.74, 6) is -9.92. The van der Waals surface area contributed by atoms with Crippen molar-refractivity contribution in [1.82, 2.24) is 29.1 Å². The van der Waals surface area contributed by atoms with Crippen LogP contribution in [-0.2, 0) is 36.6 Å². The number of methoxy groups -OCH3 is 1. The number of pyridine rings is 2. The Morgan fingerprint density at radius 2 is 1.03 bits per heavy atom. The molecule has 0 aliphatic carbocycles. The second-order valence-electron chi connectivity index (χ2n) is 14.7. The van der Waals surface area contributed by atoms with Crippen molar-refractivity contribution in [2.45, 2.75) is 31.9 Å². The number of benzene rings is 4. The van der Waals surface area contributed by atoms with Gasteiger partial charge in [-0.05, 0) is 54.1 Å². The van der Waals surface area contributed by atoms with Crippen molar-refractivity contribution >= 4 is 27.8 Å². The van der Waals surface area contributed by atoms with Crippen LogP contribution in [-0.4, -0.2) is 42.1 Å². The summed E-state index contributed by atoms with van der Waals surface area (Å²) in [7, 11) is 0.995. The van der Waals surface area contributed by atoms with Crippen molar-refractivity contribution < 1.29 is 71.7 Å². The first-order valence-electron chi connectivity index (χ1n) is 19.7. The first kappa shape index (κ1) is 50.1. The largest absolute Gasteiger partial charge is 0.465 e. The number of rotatable bonds is 10. The number of carbonyl (C=O) groups is 1. The van der Waals surface area contributed by atoms with Gasteiger partial charge in [-0.1, -0.05) is 0 Å². The number of nitriles is 1. The van der Waals surface area contributed by atoms with Crippen LogP contribution in [0.15, 0.2) is 107 Å². The molecule has 0 aliphatic heterocycles. The zero-order valence-electron chi connectivity index (χ0n) is 35.5. The Bertz CT molecular complexity index is 3510. The molecule has 0 bridgehead atoms. The minimum Gasteiger partial charge on any atom is -0.465 e. The van der Waals surface area contributed by atoms with Gasteiger partial charge in [0.1, 0.15) is 57.5 Å². The molecular formula is C46H25F12N7O6. The fraction of sp³-hybridized carbons (Fsp3) is 0.130. The maximum Gasteiger partial charge on any atom is 0.421 e. The van der Waals surface area contributed by atoms with Gasteiger partial charge in [-0.2, -0.15) is 41.6 Å². The van der Waals surface area contributed by atoms with Gasteiger partial charge in [0, 0.05) is 47.8 Å². The van der Waals surface area contributed by atoms with E-state index in [1.54, 1.807) is 6.07 Å². The number of nitrogens with zero attached hydrogens (tertiary/aromatic N) is 7. The molecule has 4 aromatic carbocycles. The average molecular weight is 1000 g/mol. The fourth-order valence-electron chi connectivity index (χ4n) is 6.70. The van der Waals surface area contributed by atoms with E-state index in [0.717, 1.165) is 50.4 Å². The molecule has 0 atom stereocenters. The lowest BCUT2D eigenvalue weighted by Crippen LogP contribution is -2.15. The lowest BCUT2D eigenvalue weighted by Gasteiger charge is -2.15. The maximum absolute atomic E-state index is 14.1. The number of alkyl halides is 6. The predicted molar refractivity (Wildman–Crippen MR) is 222 cm³/mol. The molecule has 71 heavy (non-hydrogen) atoms. The molecule has 0 N–H and O–H groups in total. The molecule has 0 aliphatic rings. The summed E-state index contributed by atoms with van der Waals surface area (Å²) in [5, 5.41) is 8.47. The Morgan fingerprint density at radius 3 is 1.44 bits per heavy atom. The number of aromatic nitrogens is 6. The molecule has 8 rings (SSSR count). The van der Waals surface area contributed by atoms with Gasteiger partial charge >= 0.3 is 18.3 Å². The van der Waals surface area contributed by atoms with Gasteiger partial charge in [-0.15, -0.1) is 0 Å². The van der Waals surface area contributed by atoms with Gasteiger partial charge < -0.3 is 23.3 Å². The highest BCUT2D eigenvalue weighted by molar-refractivity contribution is 5.89. The van der Waals surface area contributed by atoms with E-state index < -0.39 is 117 Å². The highest BCUT2D eigenvalue weighted by atomic mass is 19.4. The highest BCUT2D eigenvalue weighted by Crippen LogP contribution is 2.39. The SMILES string of the molecule is COC(=O)c1cnc(Oc2ccc3c(c2)c(=O)ncn3Cc2c(F)cc(F)cc2F)c(C(F)(F)F)c1.N#CCc1cnc(Oc2ccc3c(c2)c(=O)ncn3Cc2c(F)cc(F)cc2F)c(C(F)(F)F)c1. The van der Waals surface area contributed by atoms with E-state index in [2.05, 4.69) is 24.7 Å². The van der Waals surface area contributed by atoms with Gasteiger partial charge in [0.2, 0.25) is 11.8 Å². The summed E-state index contributed by atoms with van der Waals surface area (Å²) in [6.45, 7) is -0.904. The molecule has 364 valence electrons. The summed E-state index contributed by atoms with van der Waals surface area (Å²) in [6, 6.07) is 12.2. The summed E-state index contributed by atoms with van der Waals surface area (Å²) >= 11 is 0. The maximum atomic E-state index is 14.1. The molecular weight excluding hydrogens is 975 g/mol. The molecule has 0 radical (unpaired) electrons. The first-order chi connectivity index (χ1) is 33.5. The average Bonchev–Trinajstić information content (AvgIpc) is 3.30. The van der Waals surface area contributed by atoms with Crippen LogP contribution in [0.3, 0.4) is 0 Å². The molecule has 0 spiro atoms. The van der Waals surface area contributed by atoms with Crippen LogP contribution in [0, 0.1) is 46.2 Å². The van der Waals surface area contributed by atoms with E-state index in [4.69, 9.17) is 14.7 Å². The molecule has 4 heterocycles. The second kappa shape index (κ2) is 20.0. The molecule has 0 saturated carbocycles. The Morgan fingerprint density at radius 1 is 0.606 bits per heavy atom. The van der Waals surface area contributed by atoms with Gasteiger partial charge in [-0.3, -0.25) is 9.59 Å². The molecule has 0 saturated heterocycles. The van der Waals surface area contributed by atoms with Crippen LogP contribution < -0.4 is 20.6 Å². The van der Waals surface area contributed by atoms with Crippen molar-refractivity contribution in [3.63, 3.8) is 0 Å². The number of fused-ring (bicyclic) bond motifs is 2. The minimum absolute atomic E-state index is 0.0398. The zero-order chi connectivity index (χ0) is 51.5. The van der Waals surface area contributed by atoms with E-state index in [0.29, 0.717) is 30.3 Å². The number of esters is 1. The lowest BCUT2D eigenvalue weighted by molar-refractivity contribution is -0.139. The zero-order valence-corrected chi connectivity index (χ0v) is 35.5. The molecule has 4 aromatic heterocycles. The van der Waals surface area contributed by atoms with Crippen LogP contribution >= 0.6 is 0 Å². The van der Waals surface area contributed by atoms with Crippen LogP contribution in [0.1, 0.15) is 38.2 Å². The predicted octanol–water partition coefficient (Wildman–Crippen LogP) is 9.99. The van der Waals surface area contributed by atoms with Crippen LogP contribution in [0.2, 0.25) is 0 Å². The van der Waals surface area contributed by atoms with Gasteiger partial charge in [-0.25, -0.2) is 41.1 Å². The summed E-state index contributed by atoms with van der Waals surface area (Å²) in [4.78, 5) is 50.7. The Labute approximate surface area is 388 Å². The standard InChI is InChI=1S/C23H12F6N4O2.C23H13F6N3O4/c24-13-6-18(25)16(19(26)7-13)10-33-11-32-21(34)15-8-14(1-2-20(15)33)35-22-17(23(27,28)29)5-12(3-4-30)9-31-22;1-35-22(34)11-4-16(23(27,28)29)21(30-8-11)36-13-2-3-19-14(7-13)20(33)31-10-32(19)9-15-17(25)5-12(24)6-18(15)26/h1-2,5-9,11H,3,10H2;2-8,10H,9H2,1H3. The van der Waals surface area contributed by atoms with E-state index in [1.807, 2.05) is 0 Å². The van der Waals surface area contributed by atoms with Gasteiger partial charge in [0.15, 0.2) is 0 Å². The van der Waals surface area contributed by atoms with Gasteiger partial charge in [0.05, 0.1) is 72.7 Å². The van der Waals surface area contributed by atoms with E-state index >= 15 is 0 Å². The number of ether oxygens (including phenoxy) is 3. The van der Waals surface area contributed by atoms with Crippen molar-refractivity contribution in [3.05, 3.63) is 187 Å². The molecule has 25 heteroatoms. The lowest BCUT2D eigenvalue weighted by atomic mass is 10.1. The van der Waals surface area contributed by atoms with Crippen LogP contribution in [0.4, 0.5) is 52.7 Å². The third-order valence-electron chi connectivity index (χ3n) is 10.0. The summed E-state index contributed by atoms with van der Waals surface area (Å²) in [6.07, 6.45) is -6.12.